The Morgan fingerprint density at radius 3 is 1.75 bits per heavy atom. The molecule has 11 nitrogen and oxygen atoms in total. The summed E-state index contributed by atoms with van der Waals surface area (Å²) in [4.78, 5) is 28.6. The quantitative estimate of drug-likeness (QED) is 0.130. The molecule has 0 aliphatic carbocycles. The van der Waals surface area contributed by atoms with Gasteiger partial charge in [-0.05, 0) is 6.42 Å². The third-order valence-corrected chi connectivity index (χ3v) is 1.09. The molecule has 0 heterocycles. The molecule has 14 heteroatoms. The van der Waals surface area contributed by atoms with Gasteiger partial charge >= 0.3 is 16.5 Å². The molecule has 0 radical (unpaired) electrons. The monoisotopic (exact) mass is 357 g/mol. The summed E-state index contributed by atoms with van der Waals surface area (Å²) < 4.78 is 17.5. The molecule has 0 spiro atoms. The first-order valence-corrected chi connectivity index (χ1v) is 7.51. The standard InChI is InChI=1S/C6H15N5.ClH.2H3O3P/c1-2-3-4-10-6(9)11-5(7)8;;2*1-4(2)3/h2-4H2,1H3,(H6,7,8,9,10,11);1H;2*4H,(H2,1,2,3). The molecule has 10 N–H and O–H groups in total. The van der Waals surface area contributed by atoms with Crippen molar-refractivity contribution in [1.82, 2.24) is 10.6 Å². The maximum absolute atomic E-state index is 8.74. The van der Waals surface area contributed by atoms with Gasteiger partial charge in [-0.3, -0.25) is 25.3 Å². The third-order valence-electron chi connectivity index (χ3n) is 1.09. The van der Waals surface area contributed by atoms with Crippen molar-refractivity contribution in [2.45, 2.75) is 19.8 Å². The molecule has 0 amide bonds. The lowest BCUT2D eigenvalue weighted by atomic mass is 10.3. The van der Waals surface area contributed by atoms with Crippen LogP contribution in [-0.4, -0.2) is 38.0 Å². The van der Waals surface area contributed by atoms with Crippen molar-refractivity contribution >= 4 is 40.8 Å². The number of unbranched alkanes of at least 4 members (excludes halogenated alkanes) is 1. The summed E-state index contributed by atoms with van der Waals surface area (Å²) in [5.74, 6) is -0.120. The van der Waals surface area contributed by atoms with Gasteiger partial charge in [0.25, 0.3) is 0 Å². The number of halogens is 1. The highest BCUT2D eigenvalue weighted by Crippen LogP contribution is 1.98. The molecular weight excluding hydrogens is 335 g/mol. The number of hydrogen-bond donors (Lipinski definition) is 9. The lowest BCUT2D eigenvalue weighted by Gasteiger charge is -2.06. The zero-order valence-corrected chi connectivity index (χ0v) is 13.5. The van der Waals surface area contributed by atoms with Gasteiger partial charge in [0, 0.05) is 6.54 Å². The van der Waals surface area contributed by atoms with E-state index in [1.54, 1.807) is 0 Å². The summed E-state index contributed by atoms with van der Waals surface area (Å²) in [6.07, 6.45) is 2.10. The van der Waals surface area contributed by atoms with Crippen LogP contribution in [0.1, 0.15) is 19.8 Å². The normalized spacial score (nSPS) is 8.35. The van der Waals surface area contributed by atoms with Crippen LogP contribution in [-0.2, 0) is 9.13 Å². The first kappa shape index (κ1) is 27.6. The minimum absolute atomic E-state index is 0. The zero-order chi connectivity index (χ0) is 15.8. The van der Waals surface area contributed by atoms with E-state index < -0.39 is 16.5 Å². The summed E-state index contributed by atoms with van der Waals surface area (Å²) in [6, 6.07) is 0. The lowest BCUT2D eigenvalue weighted by molar-refractivity contribution is 0.403. The molecule has 0 aliphatic rings. The number of nitrogens with two attached hydrogens (primary N) is 1. The van der Waals surface area contributed by atoms with E-state index in [-0.39, 0.29) is 24.3 Å². The van der Waals surface area contributed by atoms with Gasteiger partial charge in [0.2, 0.25) is 0 Å². The smallest absolute Gasteiger partial charge is 0.314 e. The lowest BCUT2D eigenvalue weighted by Crippen LogP contribution is -2.43. The second-order valence-corrected chi connectivity index (χ2v) is 3.89. The molecule has 0 saturated carbocycles. The van der Waals surface area contributed by atoms with Crippen LogP contribution < -0.4 is 16.4 Å². The van der Waals surface area contributed by atoms with Crippen LogP contribution in [0.25, 0.3) is 0 Å². The van der Waals surface area contributed by atoms with E-state index in [4.69, 9.17) is 45.3 Å². The van der Waals surface area contributed by atoms with E-state index >= 15 is 0 Å². The Hall–Kier alpha value is -0.670. The molecule has 0 fully saturated rings. The Morgan fingerprint density at radius 2 is 1.50 bits per heavy atom. The van der Waals surface area contributed by atoms with Gasteiger partial charge in [0.15, 0.2) is 11.9 Å². The molecule has 20 heavy (non-hydrogen) atoms. The van der Waals surface area contributed by atoms with Gasteiger partial charge in [0.1, 0.15) is 0 Å². The Labute approximate surface area is 123 Å². The van der Waals surface area contributed by atoms with Gasteiger partial charge in [-0.15, -0.1) is 12.4 Å². The third kappa shape index (κ3) is 66.6. The van der Waals surface area contributed by atoms with Crippen molar-refractivity contribution in [1.29, 1.82) is 10.8 Å². The Morgan fingerprint density at radius 1 is 1.15 bits per heavy atom. The molecule has 0 unspecified atom stereocenters. The molecule has 0 aromatic carbocycles. The Kier molecular flexibility index (Phi) is 28.5. The van der Waals surface area contributed by atoms with Crippen LogP contribution in [0.15, 0.2) is 0 Å². The minimum atomic E-state index is -3.13. The van der Waals surface area contributed by atoms with Crippen LogP contribution >= 0.6 is 28.9 Å². The van der Waals surface area contributed by atoms with Crippen molar-refractivity contribution in [3.63, 3.8) is 0 Å². The summed E-state index contributed by atoms with van der Waals surface area (Å²) in [5.41, 5.74) is 4.99. The number of rotatable bonds is 3. The van der Waals surface area contributed by atoms with Gasteiger partial charge < -0.3 is 30.6 Å². The fourth-order valence-corrected chi connectivity index (χ4v) is 0.569. The summed E-state index contributed by atoms with van der Waals surface area (Å²) >= 11 is 0. The predicted octanol–water partition coefficient (Wildman–Crippen LogP) is -1.06. The largest absolute Gasteiger partial charge is 0.370 e. The maximum Gasteiger partial charge on any atom is 0.314 e. The van der Waals surface area contributed by atoms with Crippen LogP contribution in [0.5, 0.6) is 0 Å². The van der Waals surface area contributed by atoms with Gasteiger partial charge in [-0.1, -0.05) is 13.3 Å². The summed E-state index contributed by atoms with van der Waals surface area (Å²) in [5, 5.41) is 19.0. The predicted molar refractivity (Wildman–Crippen MR) is 79.8 cm³/mol. The second-order valence-electron chi connectivity index (χ2n) is 2.76. The van der Waals surface area contributed by atoms with E-state index in [1.807, 2.05) is 0 Å². The second kappa shape index (κ2) is 20.6. The van der Waals surface area contributed by atoms with Gasteiger partial charge in [-0.25, -0.2) is 0 Å². The number of guanidine groups is 2. The molecule has 0 rings (SSSR count). The van der Waals surface area contributed by atoms with Crippen molar-refractivity contribution in [2.24, 2.45) is 5.73 Å². The van der Waals surface area contributed by atoms with Gasteiger partial charge in [0.05, 0.1) is 0 Å². The first-order valence-electron chi connectivity index (χ1n) is 4.90. The first-order chi connectivity index (χ1) is 8.63. The molecule has 0 aromatic heterocycles. The average molecular weight is 358 g/mol. The minimum Gasteiger partial charge on any atom is -0.370 e. The summed E-state index contributed by atoms with van der Waals surface area (Å²) in [7, 11) is -6.26. The van der Waals surface area contributed by atoms with E-state index in [9.17, 15) is 0 Å². The van der Waals surface area contributed by atoms with Crippen LogP contribution in [0.3, 0.4) is 0 Å². The van der Waals surface area contributed by atoms with Crippen molar-refractivity contribution in [3.05, 3.63) is 0 Å². The molecule has 124 valence electrons. The highest BCUT2D eigenvalue weighted by molar-refractivity contribution is 7.31. The topological polar surface area (TPSA) is 213 Å². The van der Waals surface area contributed by atoms with Crippen LogP contribution in [0, 0.1) is 10.8 Å². The SMILES string of the molecule is CCCCNC(=N)NC(=N)N.Cl.O=[PH](O)O.O=[PH](O)O. The fourth-order valence-electron chi connectivity index (χ4n) is 0.569. The van der Waals surface area contributed by atoms with E-state index in [0.717, 1.165) is 19.4 Å². The zero-order valence-electron chi connectivity index (χ0n) is 10.7. The van der Waals surface area contributed by atoms with Crippen molar-refractivity contribution < 1.29 is 28.7 Å². The van der Waals surface area contributed by atoms with Crippen LogP contribution in [0.4, 0.5) is 0 Å². The highest BCUT2D eigenvalue weighted by atomic mass is 35.5. The molecular formula is C6H22ClN5O6P2. The molecule has 0 saturated heterocycles. The Balaban J connectivity index is -0.000000119. The molecule has 0 aromatic rings. The van der Waals surface area contributed by atoms with E-state index in [0.29, 0.717) is 0 Å². The average Bonchev–Trinajstić information content (AvgIpc) is 2.14. The van der Waals surface area contributed by atoms with E-state index in [2.05, 4.69) is 17.6 Å². The van der Waals surface area contributed by atoms with Crippen molar-refractivity contribution in [3.8, 4) is 0 Å². The van der Waals surface area contributed by atoms with Gasteiger partial charge in [-0.2, -0.15) is 0 Å². The van der Waals surface area contributed by atoms with Crippen molar-refractivity contribution in [2.75, 3.05) is 6.54 Å². The van der Waals surface area contributed by atoms with E-state index in [1.165, 1.54) is 0 Å². The molecule has 0 bridgehead atoms. The Bertz CT molecular complexity index is 288. The molecule has 0 atom stereocenters. The fraction of sp³-hybridized carbons (Fsp3) is 0.667. The highest BCUT2D eigenvalue weighted by Gasteiger charge is 1.93. The van der Waals surface area contributed by atoms with Crippen LogP contribution in [0.2, 0.25) is 0 Å². The molecule has 0 aliphatic heterocycles. The number of hydrogen-bond acceptors (Lipinski definition) is 4. The summed E-state index contributed by atoms with van der Waals surface area (Å²) in [6.45, 7) is 2.82. The maximum atomic E-state index is 8.74. The number of nitrogens with one attached hydrogen (secondary N) is 4.